The number of rotatable bonds is 7. The summed E-state index contributed by atoms with van der Waals surface area (Å²) < 4.78 is 35.4. The Hall–Kier alpha value is -2.81. The molecule has 0 fully saturated rings. The lowest BCUT2D eigenvalue weighted by Crippen LogP contribution is -2.46. The molecule has 0 spiro atoms. The summed E-state index contributed by atoms with van der Waals surface area (Å²) in [4.78, 5) is 12.3. The third kappa shape index (κ3) is 4.83. The van der Waals surface area contributed by atoms with Crippen molar-refractivity contribution in [3.8, 4) is 5.75 Å². The van der Waals surface area contributed by atoms with Crippen LogP contribution in [0.1, 0.15) is 12.7 Å². The van der Waals surface area contributed by atoms with Gasteiger partial charge in [-0.25, -0.2) is 13.8 Å². The fraction of sp³-hybridized carbons (Fsp3) is 0.250. The van der Waals surface area contributed by atoms with Crippen LogP contribution < -0.4 is 14.5 Å². The Balaban J connectivity index is 2.17. The van der Waals surface area contributed by atoms with Crippen molar-refractivity contribution in [1.82, 2.24) is 5.43 Å². The maximum absolute atomic E-state index is 12.3. The fourth-order valence-corrected chi connectivity index (χ4v) is 3.33. The number of hydrogen-bond acceptors (Lipinski definition) is 6. The predicted octanol–water partition coefficient (Wildman–Crippen LogP) is 1.59. The average Bonchev–Trinajstić information content (AvgIpc) is 3.07. The molecule has 1 amide bonds. The number of anilines is 1. The smallest absolute Gasteiger partial charge is 0.263 e. The first-order chi connectivity index (χ1) is 11.8. The number of carbonyl (C=O) groups is 1. The molecule has 1 atom stereocenters. The Kier molecular flexibility index (Phi) is 5.81. The van der Waals surface area contributed by atoms with Gasteiger partial charge in [0.25, 0.3) is 5.91 Å². The summed E-state index contributed by atoms with van der Waals surface area (Å²) in [6.45, 7) is 1.48. The second kappa shape index (κ2) is 7.84. The van der Waals surface area contributed by atoms with E-state index < -0.39 is 22.0 Å². The van der Waals surface area contributed by atoms with Crippen LogP contribution in [0, 0.1) is 0 Å². The Morgan fingerprint density at radius 2 is 2.00 bits per heavy atom. The molecule has 25 heavy (non-hydrogen) atoms. The Labute approximate surface area is 146 Å². The quantitative estimate of drug-likeness (QED) is 0.593. The summed E-state index contributed by atoms with van der Waals surface area (Å²) in [6, 6.07) is 8.71. The van der Waals surface area contributed by atoms with Gasteiger partial charge in [0.1, 0.15) is 17.6 Å². The molecule has 2 aromatic rings. The first-order valence-corrected chi connectivity index (χ1v) is 9.17. The molecular formula is C16H19N3O5S. The molecule has 0 aliphatic carbocycles. The van der Waals surface area contributed by atoms with Crippen molar-refractivity contribution in [2.75, 3.05) is 17.7 Å². The van der Waals surface area contributed by atoms with Crippen LogP contribution in [0.5, 0.6) is 5.75 Å². The lowest BCUT2D eigenvalue weighted by molar-refractivity contribution is -0.121. The minimum Gasteiger partial charge on any atom is -0.497 e. The van der Waals surface area contributed by atoms with Crippen LogP contribution in [0.3, 0.4) is 0 Å². The van der Waals surface area contributed by atoms with Gasteiger partial charge in [0.15, 0.2) is 0 Å². The summed E-state index contributed by atoms with van der Waals surface area (Å²) in [5.41, 5.74) is 2.65. The molecule has 134 valence electrons. The van der Waals surface area contributed by atoms with Crippen LogP contribution in [0.15, 0.2) is 52.2 Å². The van der Waals surface area contributed by atoms with Gasteiger partial charge < -0.3 is 9.15 Å². The van der Waals surface area contributed by atoms with E-state index >= 15 is 0 Å². The van der Waals surface area contributed by atoms with E-state index in [1.54, 1.807) is 36.4 Å². The number of nitrogens with zero attached hydrogens (tertiary/aromatic N) is 2. The van der Waals surface area contributed by atoms with Gasteiger partial charge in [-0.05, 0) is 43.3 Å². The number of hydrazone groups is 1. The zero-order valence-electron chi connectivity index (χ0n) is 14.0. The lowest BCUT2D eigenvalue weighted by atomic mass is 10.2. The minimum absolute atomic E-state index is 0.348. The molecule has 0 saturated carbocycles. The normalized spacial score (nSPS) is 12.8. The van der Waals surface area contributed by atoms with E-state index in [-0.39, 0.29) is 0 Å². The maximum Gasteiger partial charge on any atom is 0.263 e. The first kappa shape index (κ1) is 18.5. The molecule has 0 aliphatic rings. The van der Waals surface area contributed by atoms with E-state index in [2.05, 4.69) is 10.5 Å². The van der Waals surface area contributed by atoms with E-state index in [4.69, 9.17) is 9.15 Å². The minimum atomic E-state index is -3.69. The zero-order valence-corrected chi connectivity index (χ0v) is 14.9. The highest BCUT2D eigenvalue weighted by Crippen LogP contribution is 2.23. The van der Waals surface area contributed by atoms with E-state index in [9.17, 15) is 13.2 Å². The molecular weight excluding hydrogens is 346 g/mol. The standard InChI is InChI=1S/C16H19N3O5S/c1-12(16(20)18-17-11-15-5-4-10-24-15)19(25(3,21)22)13-6-8-14(23-2)9-7-13/h4-12H,1-3H3,(H,18,20)/b17-11+. The highest BCUT2D eigenvalue weighted by molar-refractivity contribution is 7.92. The summed E-state index contributed by atoms with van der Waals surface area (Å²) in [6.07, 6.45) is 3.83. The molecule has 1 aromatic heterocycles. The summed E-state index contributed by atoms with van der Waals surface area (Å²) >= 11 is 0. The highest BCUT2D eigenvalue weighted by atomic mass is 32.2. The predicted molar refractivity (Wildman–Crippen MR) is 94.2 cm³/mol. The molecule has 0 radical (unpaired) electrons. The van der Waals surface area contributed by atoms with Crippen LogP contribution in [-0.2, 0) is 14.8 Å². The molecule has 9 heteroatoms. The molecule has 0 saturated heterocycles. The number of methoxy groups -OCH3 is 1. The van der Waals surface area contributed by atoms with E-state index in [1.165, 1.54) is 26.5 Å². The van der Waals surface area contributed by atoms with E-state index in [0.29, 0.717) is 17.2 Å². The van der Waals surface area contributed by atoms with Crippen molar-refractivity contribution in [2.24, 2.45) is 5.10 Å². The number of furan rings is 1. The van der Waals surface area contributed by atoms with Crippen molar-refractivity contribution < 1.29 is 22.4 Å². The van der Waals surface area contributed by atoms with Gasteiger partial charge in [-0.2, -0.15) is 5.10 Å². The van der Waals surface area contributed by atoms with Gasteiger partial charge in [-0.15, -0.1) is 0 Å². The molecule has 2 rings (SSSR count). The Morgan fingerprint density at radius 3 is 2.52 bits per heavy atom. The number of nitrogens with one attached hydrogen (secondary N) is 1. The van der Waals surface area contributed by atoms with Crippen molar-refractivity contribution in [2.45, 2.75) is 13.0 Å². The van der Waals surface area contributed by atoms with Crippen LogP contribution in [0.2, 0.25) is 0 Å². The Morgan fingerprint density at radius 1 is 1.32 bits per heavy atom. The highest BCUT2D eigenvalue weighted by Gasteiger charge is 2.29. The maximum atomic E-state index is 12.3. The first-order valence-electron chi connectivity index (χ1n) is 7.33. The van der Waals surface area contributed by atoms with Crippen molar-refractivity contribution in [3.05, 3.63) is 48.4 Å². The molecule has 8 nitrogen and oxygen atoms in total. The molecule has 0 aliphatic heterocycles. The molecule has 1 heterocycles. The average molecular weight is 365 g/mol. The molecule has 1 N–H and O–H groups in total. The lowest BCUT2D eigenvalue weighted by Gasteiger charge is -2.27. The van der Waals surface area contributed by atoms with Crippen LogP contribution >= 0.6 is 0 Å². The van der Waals surface area contributed by atoms with Gasteiger partial charge >= 0.3 is 0 Å². The van der Waals surface area contributed by atoms with Gasteiger partial charge in [-0.1, -0.05) is 0 Å². The fourth-order valence-electron chi connectivity index (χ4n) is 2.16. The second-order valence-corrected chi connectivity index (χ2v) is 7.04. The van der Waals surface area contributed by atoms with Gasteiger partial charge in [-0.3, -0.25) is 9.10 Å². The number of sulfonamides is 1. The number of amides is 1. The summed E-state index contributed by atoms with van der Waals surface area (Å²) in [5.74, 6) is 0.462. The van der Waals surface area contributed by atoms with Gasteiger partial charge in [0.05, 0.1) is 31.5 Å². The monoisotopic (exact) mass is 365 g/mol. The third-order valence-corrected chi connectivity index (χ3v) is 4.57. The van der Waals surface area contributed by atoms with Crippen molar-refractivity contribution in [3.63, 3.8) is 0 Å². The summed E-state index contributed by atoms with van der Waals surface area (Å²) in [5, 5.41) is 3.76. The van der Waals surface area contributed by atoms with Crippen molar-refractivity contribution >= 4 is 27.8 Å². The van der Waals surface area contributed by atoms with E-state index in [0.717, 1.165) is 10.6 Å². The third-order valence-electron chi connectivity index (χ3n) is 3.33. The van der Waals surface area contributed by atoms with E-state index in [1.807, 2.05) is 0 Å². The molecule has 0 bridgehead atoms. The second-order valence-electron chi connectivity index (χ2n) is 5.18. The van der Waals surface area contributed by atoms with Crippen LogP contribution in [-0.4, -0.2) is 39.9 Å². The number of benzene rings is 1. The number of carbonyl (C=O) groups excluding carboxylic acids is 1. The van der Waals surface area contributed by atoms with Crippen molar-refractivity contribution in [1.29, 1.82) is 0 Å². The van der Waals surface area contributed by atoms with Crippen LogP contribution in [0.25, 0.3) is 0 Å². The van der Waals surface area contributed by atoms with Gasteiger partial charge in [0, 0.05) is 0 Å². The van der Waals surface area contributed by atoms with Crippen LogP contribution in [0.4, 0.5) is 5.69 Å². The summed E-state index contributed by atoms with van der Waals surface area (Å²) in [7, 11) is -2.18. The number of hydrogen-bond donors (Lipinski definition) is 1. The molecule has 1 aromatic carbocycles. The topological polar surface area (TPSA) is 101 Å². The largest absolute Gasteiger partial charge is 0.497 e. The number of ether oxygens (including phenoxy) is 1. The molecule has 1 unspecified atom stereocenters. The van der Waals surface area contributed by atoms with Gasteiger partial charge in [0.2, 0.25) is 10.0 Å². The Bertz CT molecular complexity index is 829. The zero-order chi connectivity index (χ0) is 18.4. The SMILES string of the molecule is COc1ccc(N(C(C)C(=O)N/N=C/c2ccco2)S(C)(=O)=O)cc1.